The molecule has 0 bridgehead atoms. The van der Waals surface area contributed by atoms with E-state index in [0.29, 0.717) is 24.6 Å². The zero-order valence-electron chi connectivity index (χ0n) is 10.8. The molecule has 1 aliphatic heterocycles. The Bertz CT molecular complexity index is 495. The van der Waals surface area contributed by atoms with E-state index in [0.717, 1.165) is 12.0 Å². The van der Waals surface area contributed by atoms with Crippen LogP contribution in [0.3, 0.4) is 0 Å². The Morgan fingerprint density at radius 3 is 2.61 bits per heavy atom. The Hall–Kier alpha value is -0.910. The van der Waals surface area contributed by atoms with Gasteiger partial charge in [-0.1, -0.05) is 24.6 Å². The molecule has 1 aromatic rings. The van der Waals surface area contributed by atoms with Gasteiger partial charge in [0.05, 0.1) is 17.6 Å². The Morgan fingerprint density at radius 2 is 2.00 bits per heavy atom. The van der Waals surface area contributed by atoms with Gasteiger partial charge >= 0.3 is 0 Å². The van der Waals surface area contributed by atoms with Crippen LogP contribution in [0.15, 0.2) is 29.2 Å². The zero-order valence-corrected chi connectivity index (χ0v) is 11.6. The van der Waals surface area contributed by atoms with Gasteiger partial charge in [-0.05, 0) is 25.5 Å². The Balaban J connectivity index is 2.22. The molecule has 0 aromatic heterocycles. The molecule has 0 saturated carbocycles. The minimum Gasteiger partial charge on any atom is -0.375 e. The van der Waals surface area contributed by atoms with Crippen molar-refractivity contribution in [3.05, 3.63) is 29.8 Å². The van der Waals surface area contributed by atoms with E-state index in [1.165, 1.54) is 4.31 Å². The van der Waals surface area contributed by atoms with Gasteiger partial charge in [0.1, 0.15) is 0 Å². The Labute approximate surface area is 109 Å². The fourth-order valence-corrected chi connectivity index (χ4v) is 3.47. The number of benzene rings is 1. The first-order chi connectivity index (χ1) is 8.54. The molecule has 0 radical (unpaired) electrons. The summed E-state index contributed by atoms with van der Waals surface area (Å²) in [6.45, 7) is 5.31. The quantitative estimate of drug-likeness (QED) is 0.840. The van der Waals surface area contributed by atoms with Crippen LogP contribution >= 0.6 is 0 Å². The highest BCUT2D eigenvalue weighted by Gasteiger charge is 2.29. The first kappa shape index (κ1) is 13.5. The molecule has 18 heavy (non-hydrogen) atoms. The van der Waals surface area contributed by atoms with Gasteiger partial charge in [0.2, 0.25) is 10.0 Å². The number of hydrogen-bond donors (Lipinski definition) is 0. The number of ether oxygens (including phenoxy) is 1. The first-order valence-corrected chi connectivity index (χ1v) is 7.66. The highest BCUT2D eigenvalue weighted by Crippen LogP contribution is 2.19. The number of aryl methyl sites for hydroxylation is 1. The molecule has 1 aliphatic rings. The van der Waals surface area contributed by atoms with Gasteiger partial charge in [-0.25, -0.2) is 8.42 Å². The second kappa shape index (κ2) is 5.38. The van der Waals surface area contributed by atoms with Crippen LogP contribution in [0.25, 0.3) is 0 Å². The minimum absolute atomic E-state index is 0.0129. The van der Waals surface area contributed by atoms with E-state index in [2.05, 4.69) is 0 Å². The molecule has 5 heteroatoms. The summed E-state index contributed by atoms with van der Waals surface area (Å²) in [7, 11) is -3.37. The monoisotopic (exact) mass is 269 g/mol. The molecule has 0 unspecified atom stereocenters. The average Bonchev–Trinajstić information content (AvgIpc) is 2.39. The molecule has 1 saturated heterocycles. The lowest BCUT2D eigenvalue weighted by molar-refractivity contribution is -0.00277. The standard InChI is InChI=1S/C13H19NO3S/c1-3-12-10-14(8-9-17-12)18(15,16)13-6-4-11(2)5-7-13/h4-7,12H,3,8-10H2,1-2H3/t12-/m1/s1. The molecule has 0 amide bonds. The maximum Gasteiger partial charge on any atom is 0.243 e. The summed E-state index contributed by atoms with van der Waals surface area (Å²) in [6, 6.07) is 6.98. The van der Waals surface area contributed by atoms with E-state index in [9.17, 15) is 8.42 Å². The van der Waals surface area contributed by atoms with Crippen molar-refractivity contribution in [1.29, 1.82) is 0 Å². The Kier molecular flexibility index (Phi) is 4.04. The highest BCUT2D eigenvalue weighted by atomic mass is 32.2. The summed E-state index contributed by atoms with van der Waals surface area (Å²) in [5.74, 6) is 0. The fourth-order valence-electron chi connectivity index (χ4n) is 2.02. The number of morpholine rings is 1. The molecular weight excluding hydrogens is 250 g/mol. The predicted molar refractivity (Wildman–Crippen MR) is 70.0 cm³/mol. The second-order valence-corrected chi connectivity index (χ2v) is 6.52. The molecule has 2 rings (SSSR count). The second-order valence-electron chi connectivity index (χ2n) is 4.58. The molecule has 0 N–H and O–H groups in total. The highest BCUT2D eigenvalue weighted by molar-refractivity contribution is 7.89. The molecule has 1 aromatic carbocycles. The van der Waals surface area contributed by atoms with E-state index in [1.807, 2.05) is 26.0 Å². The molecule has 100 valence electrons. The lowest BCUT2D eigenvalue weighted by atomic mass is 10.2. The molecule has 0 spiro atoms. The summed E-state index contributed by atoms with van der Waals surface area (Å²) < 4.78 is 31.9. The van der Waals surface area contributed by atoms with Crippen molar-refractivity contribution >= 4 is 10.0 Å². The molecular formula is C13H19NO3S. The predicted octanol–water partition coefficient (Wildman–Crippen LogP) is 1.79. The minimum atomic E-state index is -3.37. The number of sulfonamides is 1. The van der Waals surface area contributed by atoms with Gasteiger partial charge in [-0.2, -0.15) is 4.31 Å². The van der Waals surface area contributed by atoms with Gasteiger partial charge in [-0.3, -0.25) is 0 Å². The summed E-state index contributed by atoms with van der Waals surface area (Å²) in [5.41, 5.74) is 1.06. The van der Waals surface area contributed by atoms with Gasteiger partial charge in [-0.15, -0.1) is 0 Å². The third kappa shape index (κ3) is 2.74. The molecule has 4 nitrogen and oxygen atoms in total. The summed E-state index contributed by atoms with van der Waals surface area (Å²) in [5, 5.41) is 0. The third-order valence-electron chi connectivity index (χ3n) is 3.22. The summed E-state index contributed by atoms with van der Waals surface area (Å²) in [4.78, 5) is 0.366. The van der Waals surface area contributed by atoms with E-state index in [-0.39, 0.29) is 6.10 Å². The van der Waals surface area contributed by atoms with Crippen LogP contribution in [0.4, 0.5) is 0 Å². The van der Waals surface area contributed by atoms with Gasteiger partial charge in [0.25, 0.3) is 0 Å². The third-order valence-corrected chi connectivity index (χ3v) is 5.09. The van der Waals surface area contributed by atoms with Crippen LogP contribution in [0.1, 0.15) is 18.9 Å². The average molecular weight is 269 g/mol. The normalized spacial score (nSPS) is 22.0. The van der Waals surface area contributed by atoms with E-state index >= 15 is 0 Å². The largest absolute Gasteiger partial charge is 0.375 e. The molecule has 0 aliphatic carbocycles. The first-order valence-electron chi connectivity index (χ1n) is 6.22. The van der Waals surface area contributed by atoms with Crippen molar-refractivity contribution in [2.24, 2.45) is 0 Å². The van der Waals surface area contributed by atoms with Crippen LogP contribution in [0.2, 0.25) is 0 Å². The van der Waals surface area contributed by atoms with Crippen molar-refractivity contribution in [2.45, 2.75) is 31.3 Å². The lowest BCUT2D eigenvalue weighted by Crippen LogP contribution is -2.45. The smallest absolute Gasteiger partial charge is 0.243 e. The van der Waals surface area contributed by atoms with Crippen molar-refractivity contribution in [2.75, 3.05) is 19.7 Å². The van der Waals surface area contributed by atoms with Gasteiger partial charge < -0.3 is 4.74 Å². The number of hydrogen-bond acceptors (Lipinski definition) is 3. The van der Waals surface area contributed by atoms with Crippen LogP contribution in [0, 0.1) is 6.92 Å². The van der Waals surface area contributed by atoms with E-state index in [1.54, 1.807) is 12.1 Å². The molecule has 1 atom stereocenters. The molecule has 1 heterocycles. The topological polar surface area (TPSA) is 46.6 Å². The number of nitrogens with zero attached hydrogens (tertiary/aromatic N) is 1. The maximum absolute atomic E-state index is 12.4. The number of rotatable bonds is 3. The SMILES string of the molecule is CC[C@@H]1CN(S(=O)(=O)c2ccc(C)cc2)CCO1. The maximum atomic E-state index is 12.4. The zero-order chi connectivity index (χ0) is 13.2. The summed E-state index contributed by atoms with van der Waals surface area (Å²) >= 11 is 0. The summed E-state index contributed by atoms with van der Waals surface area (Å²) in [6.07, 6.45) is 0.846. The van der Waals surface area contributed by atoms with Crippen molar-refractivity contribution in [1.82, 2.24) is 4.31 Å². The van der Waals surface area contributed by atoms with Crippen LogP contribution in [-0.2, 0) is 14.8 Å². The van der Waals surface area contributed by atoms with E-state index in [4.69, 9.17) is 4.74 Å². The van der Waals surface area contributed by atoms with Crippen molar-refractivity contribution in [3.63, 3.8) is 0 Å². The van der Waals surface area contributed by atoms with Crippen molar-refractivity contribution in [3.8, 4) is 0 Å². The fraction of sp³-hybridized carbons (Fsp3) is 0.538. The van der Waals surface area contributed by atoms with Crippen molar-refractivity contribution < 1.29 is 13.2 Å². The van der Waals surface area contributed by atoms with Crippen LogP contribution in [-0.4, -0.2) is 38.5 Å². The lowest BCUT2D eigenvalue weighted by Gasteiger charge is -2.31. The van der Waals surface area contributed by atoms with Gasteiger partial charge in [0, 0.05) is 13.1 Å². The molecule has 1 fully saturated rings. The van der Waals surface area contributed by atoms with Gasteiger partial charge in [0.15, 0.2) is 0 Å². The Morgan fingerprint density at radius 1 is 1.33 bits per heavy atom. The van der Waals surface area contributed by atoms with Crippen LogP contribution in [0.5, 0.6) is 0 Å². The van der Waals surface area contributed by atoms with E-state index < -0.39 is 10.0 Å². The van der Waals surface area contributed by atoms with Crippen LogP contribution < -0.4 is 0 Å².